The lowest BCUT2D eigenvalue weighted by molar-refractivity contribution is 0.0362. The Kier molecular flexibility index (Phi) is 4.44. The van der Waals surface area contributed by atoms with Crippen molar-refractivity contribution in [1.29, 1.82) is 0 Å². The number of urea groups is 1. The second kappa shape index (κ2) is 6.90. The Morgan fingerprint density at radius 2 is 1.96 bits per heavy atom. The molecular weight excluding hydrogens is 333 g/mol. The number of halogens is 1. The van der Waals surface area contributed by atoms with Crippen LogP contribution in [0.25, 0.3) is 0 Å². The van der Waals surface area contributed by atoms with Gasteiger partial charge in [0.25, 0.3) is 0 Å². The van der Waals surface area contributed by atoms with Crippen LogP contribution in [0.2, 0.25) is 0 Å². The molecular formula is C19H22FN5O. The van der Waals surface area contributed by atoms with Crippen LogP contribution >= 0.6 is 0 Å². The van der Waals surface area contributed by atoms with Gasteiger partial charge >= 0.3 is 6.03 Å². The molecule has 0 radical (unpaired) electrons. The fourth-order valence-corrected chi connectivity index (χ4v) is 3.84. The van der Waals surface area contributed by atoms with Crippen LogP contribution in [0, 0.1) is 5.82 Å². The summed E-state index contributed by atoms with van der Waals surface area (Å²) in [6.07, 6.45) is 2.92. The fraction of sp³-hybridized carbons (Fsp3) is 0.421. The number of aromatic nitrogens is 2. The van der Waals surface area contributed by atoms with Gasteiger partial charge in [0.05, 0.1) is 17.8 Å². The Labute approximate surface area is 152 Å². The van der Waals surface area contributed by atoms with Crippen LogP contribution in [0.3, 0.4) is 0 Å². The zero-order valence-electron chi connectivity index (χ0n) is 14.7. The predicted octanol–water partition coefficient (Wildman–Crippen LogP) is 2.35. The van der Waals surface area contributed by atoms with Gasteiger partial charge in [0.2, 0.25) is 0 Å². The number of anilines is 1. The van der Waals surface area contributed by atoms with Crippen LogP contribution in [0.15, 0.2) is 36.7 Å². The van der Waals surface area contributed by atoms with Crippen molar-refractivity contribution in [2.45, 2.75) is 38.4 Å². The van der Waals surface area contributed by atoms with Crippen molar-refractivity contribution >= 4 is 11.8 Å². The molecule has 2 aromatic rings. The SMILES string of the molecule is CCc1ncnc(N2CC3CC(C2)N3C(=O)NCc2ccccc2)c1F. The molecule has 4 heterocycles. The van der Waals surface area contributed by atoms with E-state index in [0.29, 0.717) is 37.6 Å². The largest absolute Gasteiger partial charge is 0.350 e. The summed E-state index contributed by atoms with van der Waals surface area (Å²) >= 11 is 0. The van der Waals surface area contributed by atoms with Crippen molar-refractivity contribution < 1.29 is 9.18 Å². The Morgan fingerprint density at radius 1 is 1.23 bits per heavy atom. The molecule has 3 fully saturated rings. The van der Waals surface area contributed by atoms with E-state index in [4.69, 9.17) is 0 Å². The Bertz CT molecular complexity index is 788. The van der Waals surface area contributed by atoms with Gasteiger partial charge in [-0.25, -0.2) is 19.2 Å². The molecule has 1 N–H and O–H groups in total. The number of aryl methyl sites for hydroxylation is 1. The lowest BCUT2D eigenvalue weighted by atomic mass is 9.88. The molecule has 7 heteroatoms. The highest BCUT2D eigenvalue weighted by Gasteiger charge is 2.48. The van der Waals surface area contributed by atoms with Gasteiger partial charge in [0.15, 0.2) is 11.6 Å². The average molecular weight is 355 g/mol. The molecule has 26 heavy (non-hydrogen) atoms. The number of hydrogen-bond acceptors (Lipinski definition) is 4. The number of carbonyl (C=O) groups excluding carboxylic acids is 1. The van der Waals surface area contributed by atoms with Crippen molar-refractivity contribution in [3.05, 3.63) is 53.7 Å². The van der Waals surface area contributed by atoms with Crippen molar-refractivity contribution in [3.63, 3.8) is 0 Å². The molecule has 0 spiro atoms. The second-order valence-corrected chi connectivity index (χ2v) is 6.81. The van der Waals surface area contributed by atoms with E-state index in [9.17, 15) is 9.18 Å². The predicted molar refractivity (Wildman–Crippen MR) is 96.3 cm³/mol. The standard InChI is InChI=1S/C19H22FN5O/c1-2-16-17(20)18(23-12-22-16)24-10-14-8-15(11-24)25(14)19(26)21-9-13-6-4-3-5-7-13/h3-7,12,14-15H,2,8-11H2,1H3,(H,21,26). The lowest BCUT2D eigenvalue weighted by Crippen LogP contribution is -2.71. The van der Waals surface area contributed by atoms with Gasteiger partial charge in [-0.15, -0.1) is 0 Å². The van der Waals surface area contributed by atoms with Gasteiger partial charge in [-0.2, -0.15) is 0 Å². The molecule has 136 valence electrons. The zero-order chi connectivity index (χ0) is 18.1. The summed E-state index contributed by atoms with van der Waals surface area (Å²) in [5, 5.41) is 2.98. The molecule has 3 aliphatic rings. The third-order valence-electron chi connectivity index (χ3n) is 5.19. The van der Waals surface area contributed by atoms with Crippen LogP contribution in [0.5, 0.6) is 0 Å². The van der Waals surface area contributed by atoms with E-state index in [0.717, 1.165) is 12.0 Å². The number of piperidine rings is 1. The summed E-state index contributed by atoms with van der Waals surface area (Å²) in [4.78, 5) is 24.5. The maximum Gasteiger partial charge on any atom is 0.318 e. The highest BCUT2D eigenvalue weighted by Crippen LogP contribution is 2.35. The van der Waals surface area contributed by atoms with E-state index in [1.54, 1.807) is 0 Å². The number of nitrogens with zero attached hydrogens (tertiary/aromatic N) is 4. The van der Waals surface area contributed by atoms with Crippen molar-refractivity contribution in [1.82, 2.24) is 20.2 Å². The highest BCUT2D eigenvalue weighted by atomic mass is 19.1. The molecule has 2 amide bonds. The van der Waals surface area contributed by atoms with Crippen LogP contribution in [-0.4, -0.2) is 46.1 Å². The summed E-state index contributed by atoms with van der Waals surface area (Å²) in [6, 6.07) is 10.00. The minimum absolute atomic E-state index is 0.0489. The summed E-state index contributed by atoms with van der Waals surface area (Å²) in [6.45, 7) is 3.60. The third kappa shape index (κ3) is 2.98. The molecule has 5 rings (SSSR count). The minimum atomic E-state index is -0.337. The average Bonchev–Trinajstić information content (AvgIpc) is 2.67. The number of benzene rings is 1. The first-order chi connectivity index (χ1) is 12.7. The molecule has 3 aliphatic heterocycles. The van der Waals surface area contributed by atoms with Gasteiger partial charge in [-0.05, 0) is 18.4 Å². The molecule has 6 nitrogen and oxygen atoms in total. The van der Waals surface area contributed by atoms with Crippen LogP contribution in [0.4, 0.5) is 15.0 Å². The topological polar surface area (TPSA) is 61.4 Å². The molecule has 0 aliphatic carbocycles. The Morgan fingerprint density at radius 3 is 2.65 bits per heavy atom. The van der Waals surface area contributed by atoms with Gasteiger partial charge < -0.3 is 15.1 Å². The number of carbonyl (C=O) groups is 1. The van der Waals surface area contributed by atoms with Gasteiger partial charge in [0.1, 0.15) is 6.33 Å². The van der Waals surface area contributed by atoms with Crippen molar-refractivity contribution in [3.8, 4) is 0 Å². The van der Waals surface area contributed by atoms with Crippen LogP contribution in [-0.2, 0) is 13.0 Å². The minimum Gasteiger partial charge on any atom is -0.350 e. The monoisotopic (exact) mass is 355 g/mol. The van der Waals surface area contributed by atoms with E-state index in [2.05, 4.69) is 15.3 Å². The Balaban J connectivity index is 1.39. The number of amides is 2. The van der Waals surface area contributed by atoms with Crippen molar-refractivity contribution in [2.75, 3.05) is 18.0 Å². The summed E-state index contributed by atoms with van der Waals surface area (Å²) in [5.41, 5.74) is 1.51. The smallest absolute Gasteiger partial charge is 0.318 e. The first-order valence-corrected chi connectivity index (χ1v) is 9.01. The van der Waals surface area contributed by atoms with Gasteiger partial charge in [-0.3, -0.25) is 0 Å². The quantitative estimate of drug-likeness (QED) is 0.915. The number of hydrogen-bond donors (Lipinski definition) is 1. The number of rotatable bonds is 4. The zero-order valence-corrected chi connectivity index (χ0v) is 14.7. The molecule has 1 aromatic carbocycles. The summed E-state index contributed by atoms with van der Waals surface area (Å²) in [5.74, 6) is 0.0206. The molecule has 3 saturated heterocycles. The number of piperazine rings is 1. The highest BCUT2D eigenvalue weighted by molar-refractivity contribution is 5.76. The maximum absolute atomic E-state index is 14.5. The van der Waals surface area contributed by atoms with E-state index in [1.807, 2.05) is 47.1 Å². The summed E-state index contributed by atoms with van der Waals surface area (Å²) in [7, 11) is 0. The second-order valence-electron chi connectivity index (χ2n) is 6.81. The molecule has 1 aromatic heterocycles. The number of nitrogens with one attached hydrogen (secondary N) is 1. The van der Waals surface area contributed by atoms with Crippen LogP contribution < -0.4 is 10.2 Å². The molecule has 0 saturated carbocycles. The maximum atomic E-state index is 14.5. The summed E-state index contributed by atoms with van der Waals surface area (Å²) < 4.78 is 14.5. The van der Waals surface area contributed by atoms with E-state index in [-0.39, 0.29) is 23.9 Å². The first-order valence-electron chi connectivity index (χ1n) is 9.01. The fourth-order valence-electron chi connectivity index (χ4n) is 3.84. The Hall–Kier alpha value is -2.70. The molecule has 2 atom stereocenters. The van der Waals surface area contributed by atoms with Gasteiger partial charge in [-0.1, -0.05) is 37.3 Å². The van der Waals surface area contributed by atoms with E-state index < -0.39 is 0 Å². The van der Waals surface area contributed by atoms with Gasteiger partial charge in [0, 0.05) is 19.6 Å². The van der Waals surface area contributed by atoms with Crippen molar-refractivity contribution in [2.24, 2.45) is 0 Å². The first kappa shape index (κ1) is 16.8. The molecule has 2 unspecified atom stereocenters. The lowest BCUT2D eigenvalue weighted by Gasteiger charge is -2.56. The van der Waals surface area contributed by atoms with E-state index in [1.165, 1.54) is 6.33 Å². The normalized spacial score (nSPS) is 21.3. The van der Waals surface area contributed by atoms with E-state index >= 15 is 0 Å². The van der Waals surface area contributed by atoms with Crippen LogP contribution in [0.1, 0.15) is 24.6 Å². The molecule has 2 bridgehead atoms. The number of fused-ring (bicyclic) bond motifs is 2. The third-order valence-corrected chi connectivity index (χ3v) is 5.19.